The number of likely N-dealkylation sites (N-methyl/N-ethyl adjacent to an activating group) is 1. The highest BCUT2D eigenvalue weighted by Gasteiger charge is 2.15. The lowest BCUT2D eigenvalue weighted by molar-refractivity contribution is -0.131. The van der Waals surface area contributed by atoms with Crippen LogP contribution < -0.4 is 0 Å². The SMILES string of the molecule is Cc1ccc(-c2n[nH]c(=S)n2CC(=O)N(C)Cc2cccc(Cl)c2)cc1. The van der Waals surface area contributed by atoms with E-state index in [1.54, 1.807) is 16.5 Å². The third kappa shape index (κ3) is 4.20. The monoisotopic (exact) mass is 386 g/mol. The number of aromatic amines is 1. The summed E-state index contributed by atoms with van der Waals surface area (Å²) in [4.78, 5) is 14.3. The Labute approximate surface area is 162 Å². The summed E-state index contributed by atoms with van der Waals surface area (Å²) in [6.45, 7) is 2.62. The van der Waals surface area contributed by atoms with E-state index < -0.39 is 0 Å². The van der Waals surface area contributed by atoms with Crippen molar-refractivity contribution in [2.24, 2.45) is 0 Å². The van der Waals surface area contributed by atoms with Crippen LogP contribution in [0.5, 0.6) is 0 Å². The van der Waals surface area contributed by atoms with Crippen molar-refractivity contribution in [2.45, 2.75) is 20.0 Å². The molecule has 1 aromatic heterocycles. The Morgan fingerprint density at radius 2 is 2.00 bits per heavy atom. The molecule has 0 saturated heterocycles. The van der Waals surface area contributed by atoms with Crippen LogP contribution in [0.1, 0.15) is 11.1 Å². The molecule has 1 heterocycles. The van der Waals surface area contributed by atoms with Gasteiger partial charge in [0.15, 0.2) is 10.6 Å². The molecule has 0 atom stereocenters. The maximum atomic E-state index is 12.7. The van der Waals surface area contributed by atoms with Crippen molar-refractivity contribution in [2.75, 3.05) is 7.05 Å². The van der Waals surface area contributed by atoms with E-state index in [0.717, 1.165) is 16.7 Å². The lowest BCUT2D eigenvalue weighted by Crippen LogP contribution is -2.30. The van der Waals surface area contributed by atoms with Gasteiger partial charge in [-0.05, 0) is 36.8 Å². The molecule has 134 valence electrons. The summed E-state index contributed by atoms with van der Waals surface area (Å²) < 4.78 is 2.14. The minimum absolute atomic E-state index is 0.0594. The van der Waals surface area contributed by atoms with Gasteiger partial charge in [0, 0.05) is 24.2 Å². The van der Waals surface area contributed by atoms with Gasteiger partial charge in [-0.15, -0.1) is 0 Å². The molecule has 0 unspecified atom stereocenters. The molecule has 0 aliphatic carbocycles. The maximum Gasteiger partial charge on any atom is 0.242 e. The Balaban J connectivity index is 1.78. The van der Waals surface area contributed by atoms with Gasteiger partial charge in [0.25, 0.3) is 0 Å². The first-order chi connectivity index (χ1) is 12.4. The van der Waals surface area contributed by atoms with E-state index in [4.69, 9.17) is 23.8 Å². The van der Waals surface area contributed by atoms with Crippen molar-refractivity contribution >= 4 is 29.7 Å². The van der Waals surface area contributed by atoms with Gasteiger partial charge in [0.1, 0.15) is 6.54 Å². The fraction of sp³-hybridized carbons (Fsp3) is 0.211. The topological polar surface area (TPSA) is 53.9 Å². The fourth-order valence-electron chi connectivity index (χ4n) is 2.64. The minimum atomic E-state index is -0.0594. The molecule has 0 spiro atoms. The zero-order valence-corrected chi connectivity index (χ0v) is 16.1. The molecule has 3 rings (SSSR count). The van der Waals surface area contributed by atoms with Crippen molar-refractivity contribution in [1.29, 1.82) is 0 Å². The average Bonchev–Trinajstić information content (AvgIpc) is 2.96. The Morgan fingerprint density at radius 1 is 1.27 bits per heavy atom. The first-order valence-corrected chi connectivity index (χ1v) is 8.93. The van der Waals surface area contributed by atoms with E-state index >= 15 is 0 Å². The molecule has 2 aromatic carbocycles. The molecule has 1 amide bonds. The van der Waals surface area contributed by atoms with Crippen LogP contribution in [0.4, 0.5) is 0 Å². The number of aromatic nitrogens is 3. The van der Waals surface area contributed by atoms with Gasteiger partial charge < -0.3 is 4.90 Å². The smallest absolute Gasteiger partial charge is 0.242 e. The highest BCUT2D eigenvalue weighted by atomic mass is 35.5. The molecule has 7 heteroatoms. The van der Waals surface area contributed by atoms with Crippen LogP contribution >= 0.6 is 23.8 Å². The molecular weight excluding hydrogens is 368 g/mol. The number of benzene rings is 2. The predicted octanol–water partition coefficient (Wildman–Crippen LogP) is 4.23. The van der Waals surface area contributed by atoms with Crippen LogP contribution in [0.3, 0.4) is 0 Å². The van der Waals surface area contributed by atoms with Gasteiger partial charge in [-0.3, -0.25) is 14.5 Å². The number of hydrogen-bond donors (Lipinski definition) is 1. The highest BCUT2D eigenvalue weighted by Crippen LogP contribution is 2.18. The first-order valence-electron chi connectivity index (χ1n) is 8.14. The number of rotatable bonds is 5. The van der Waals surface area contributed by atoms with E-state index in [1.165, 1.54) is 0 Å². The first kappa shape index (κ1) is 18.4. The zero-order chi connectivity index (χ0) is 18.7. The fourth-order valence-corrected chi connectivity index (χ4v) is 3.05. The van der Waals surface area contributed by atoms with E-state index in [-0.39, 0.29) is 12.5 Å². The van der Waals surface area contributed by atoms with E-state index in [9.17, 15) is 4.79 Å². The van der Waals surface area contributed by atoms with E-state index in [0.29, 0.717) is 22.2 Å². The third-order valence-electron chi connectivity index (χ3n) is 4.10. The van der Waals surface area contributed by atoms with Crippen LogP contribution in [-0.2, 0) is 17.9 Å². The van der Waals surface area contributed by atoms with E-state index in [1.807, 2.05) is 55.5 Å². The number of H-pyrrole nitrogens is 1. The summed E-state index contributed by atoms with van der Waals surface area (Å²) in [5.41, 5.74) is 3.04. The van der Waals surface area contributed by atoms with Gasteiger partial charge in [-0.25, -0.2) is 0 Å². The highest BCUT2D eigenvalue weighted by molar-refractivity contribution is 7.71. The molecule has 26 heavy (non-hydrogen) atoms. The Kier molecular flexibility index (Phi) is 5.54. The van der Waals surface area contributed by atoms with Crippen LogP contribution in [0.15, 0.2) is 48.5 Å². The number of carbonyl (C=O) groups is 1. The standard InChI is InChI=1S/C19H19ClN4OS/c1-13-6-8-15(9-7-13)18-21-22-19(26)24(18)12-17(25)23(2)11-14-4-3-5-16(20)10-14/h3-10H,11-12H2,1-2H3,(H,22,26). The van der Waals surface area contributed by atoms with Crippen LogP contribution in [0, 0.1) is 11.7 Å². The second-order valence-corrected chi connectivity index (χ2v) is 7.01. The number of nitrogens with one attached hydrogen (secondary N) is 1. The van der Waals surface area contributed by atoms with Crippen LogP contribution in [0.25, 0.3) is 11.4 Å². The van der Waals surface area contributed by atoms with Crippen molar-refractivity contribution < 1.29 is 4.79 Å². The van der Waals surface area contributed by atoms with Crippen molar-refractivity contribution in [3.8, 4) is 11.4 Å². The lowest BCUT2D eigenvalue weighted by atomic mass is 10.1. The minimum Gasteiger partial charge on any atom is -0.340 e. The quantitative estimate of drug-likeness (QED) is 0.667. The number of hydrogen-bond acceptors (Lipinski definition) is 3. The molecule has 0 radical (unpaired) electrons. The summed E-state index contributed by atoms with van der Waals surface area (Å²) in [6.07, 6.45) is 0. The molecule has 5 nitrogen and oxygen atoms in total. The summed E-state index contributed by atoms with van der Waals surface area (Å²) >= 11 is 11.3. The largest absolute Gasteiger partial charge is 0.340 e. The van der Waals surface area contributed by atoms with Gasteiger partial charge >= 0.3 is 0 Å². The van der Waals surface area contributed by atoms with E-state index in [2.05, 4.69) is 10.2 Å². The second-order valence-electron chi connectivity index (χ2n) is 6.18. The van der Waals surface area contributed by atoms with Gasteiger partial charge in [0.05, 0.1) is 0 Å². The van der Waals surface area contributed by atoms with Gasteiger partial charge in [-0.2, -0.15) is 5.10 Å². The number of amides is 1. The number of nitrogens with zero attached hydrogens (tertiary/aromatic N) is 3. The molecule has 3 aromatic rings. The maximum absolute atomic E-state index is 12.7. The Hall–Kier alpha value is -2.44. The zero-order valence-electron chi connectivity index (χ0n) is 14.6. The Bertz CT molecular complexity index is 978. The molecule has 0 aliphatic heterocycles. The van der Waals surface area contributed by atoms with Crippen molar-refractivity contribution in [3.05, 3.63) is 69.5 Å². The normalized spacial score (nSPS) is 10.7. The molecule has 0 saturated carbocycles. The van der Waals surface area contributed by atoms with Crippen molar-refractivity contribution in [3.63, 3.8) is 0 Å². The Morgan fingerprint density at radius 3 is 2.69 bits per heavy atom. The second kappa shape index (κ2) is 7.85. The third-order valence-corrected chi connectivity index (χ3v) is 4.64. The van der Waals surface area contributed by atoms with Crippen molar-refractivity contribution in [1.82, 2.24) is 19.7 Å². The molecule has 0 aliphatic rings. The summed E-state index contributed by atoms with van der Waals surface area (Å²) in [6, 6.07) is 15.4. The average molecular weight is 387 g/mol. The molecule has 0 fully saturated rings. The lowest BCUT2D eigenvalue weighted by Gasteiger charge is -2.18. The predicted molar refractivity (Wildman–Crippen MR) is 106 cm³/mol. The summed E-state index contributed by atoms with van der Waals surface area (Å²) in [5.74, 6) is 0.593. The molecular formula is C19H19ClN4OS. The number of aryl methyl sites for hydroxylation is 1. The van der Waals surface area contributed by atoms with Gasteiger partial charge in [-0.1, -0.05) is 53.6 Å². The van der Waals surface area contributed by atoms with Gasteiger partial charge in [0.2, 0.25) is 5.91 Å². The number of carbonyl (C=O) groups excluding carboxylic acids is 1. The summed E-state index contributed by atoms with van der Waals surface area (Å²) in [7, 11) is 1.76. The molecule has 1 N–H and O–H groups in total. The number of halogens is 1. The summed E-state index contributed by atoms with van der Waals surface area (Å²) in [5, 5.41) is 7.72. The van der Waals surface area contributed by atoms with Crippen LogP contribution in [0.2, 0.25) is 5.02 Å². The molecule has 0 bridgehead atoms. The van der Waals surface area contributed by atoms with Crippen LogP contribution in [-0.4, -0.2) is 32.6 Å².